The van der Waals surface area contributed by atoms with E-state index in [4.69, 9.17) is 0 Å². The van der Waals surface area contributed by atoms with Crippen molar-refractivity contribution in [3.63, 3.8) is 0 Å². The Morgan fingerprint density at radius 1 is 0.857 bits per heavy atom. The third-order valence-corrected chi connectivity index (χ3v) is 7.21. The van der Waals surface area contributed by atoms with E-state index in [1.165, 1.54) is 17.1 Å². The van der Waals surface area contributed by atoms with Gasteiger partial charge < -0.3 is 10.2 Å². The van der Waals surface area contributed by atoms with E-state index >= 15 is 0 Å². The van der Waals surface area contributed by atoms with Gasteiger partial charge in [-0.25, -0.2) is 8.42 Å². The Hall–Kier alpha value is -2.54. The first-order valence-electron chi connectivity index (χ1n) is 9.80. The van der Waals surface area contributed by atoms with E-state index in [9.17, 15) is 13.2 Å². The van der Waals surface area contributed by atoms with E-state index in [0.717, 1.165) is 30.9 Å². The van der Waals surface area contributed by atoms with E-state index in [-0.39, 0.29) is 11.7 Å². The summed E-state index contributed by atoms with van der Waals surface area (Å²) in [6.45, 7) is 2.60. The Labute approximate surface area is 166 Å². The van der Waals surface area contributed by atoms with Crippen LogP contribution < -0.4 is 14.5 Å². The first kappa shape index (κ1) is 18.8. The highest BCUT2D eigenvalue weighted by Gasteiger charge is 2.26. The number of nitrogens with one attached hydrogen (secondary N) is 1. The highest BCUT2D eigenvalue weighted by molar-refractivity contribution is 7.92. The van der Waals surface area contributed by atoms with Crippen LogP contribution in [0.25, 0.3) is 0 Å². The van der Waals surface area contributed by atoms with Gasteiger partial charge in [-0.3, -0.25) is 9.10 Å². The molecule has 0 aliphatic carbocycles. The lowest BCUT2D eigenvalue weighted by atomic mass is 10.1. The minimum atomic E-state index is -3.24. The number of carbonyl (C=O) groups excluding carboxylic acids is 1. The number of anilines is 3. The standard InChI is InChI=1S/C21H25N3O3S/c25-21(22-18-6-5-7-20(16-18)23-12-1-2-13-23)17-8-10-19(11-9-17)24-14-3-4-15-28(24,26)27/h5-11,16H,1-4,12-15H2,(H,22,25). The molecule has 4 rings (SSSR count). The molecule has 0 unspecified atom stereocenters. The molecule has 2 fully saturated rings. The molecule has 2 saturated heterocycles. The van der Waals surface area contributed by atoms with Crippen LogP contribution in [-0.4, -0.2) is 39.7 Å². The van der Waals surface area contributed by atoms with Gasteiger partial charge in [0.05, 0.1) is 11.4 Å². The minimum Gasteiger partial charge on any atom is -0.371 e. The van der Waals surface area contributed by atoms with Crippen molar-refractivity contribution in [3.05, 3.63) is 54.1 Å². The molecule has 0 saturated carbocycles. The molecule has 0 bridgehead atoms. The van der Waals surface area contributed by atoms with Crippen LogP contribution in [0.2, 0.25) is 0 Å². The summed E-state index contributed by atoms with van der Waals surface area (Å²) in [4.78, 5) is 14.9. The zero-order valence-electron chi connectivity index (χ0n) is 15.8. The maximum Gasteiger partial charge on any atom is 0.255 e. The first-order chi connectivity index (χ1) is 13.5. The maximum atomic E-state index is 12.6. The highest BCUT2D eigenvalue weighted by atomic mass is 32.2. The Kier molecular flexibility index (Phi) is 5.26. The first-order valence-corrected chi connectivity index (χ1v) is 11.4. The van der Waals surface area contributed by atoms with Crippen molar-refractivity contribution in [1.82, 2.24) is 0 Å². The fourth-order valence-corrected chi connectivity index (χ4v) is 5.46. The summed E-state index contributed by atoms with van der Waals surface area (Å²) in [7, 11) is -3.24. The molecule has 7 heteroatoms. The van der Waals surface area contributed by atoms with Gasteiger partial charge in [-0.2, -0.15) is 0 Å². The number of benzene rings is 2. The molecule has 6 nitrogen and oxygen atoms in total. The third-order valence-electron chi connectivity index (χ3n) is 5.34. The van der Waals surface area contributed by atoms with Crippen LogP contribution in [0.3, 0.4) is 0 Å². The second-order valence-electron chi connectivity index (χ2n) is 7.34. The number of hydrogen-bond donors (Lipinski definition) is 1. The molecule has 28 heavy (non-hydrogen) atoms. The van der Waals surface area contributed by atoms with E-state index in [1.807, 2.05) is 18.2 Å². The second kappa shape index (κ2) is 7.83. The van der Waals surface area contributed by atoms with Gasteiger partial charge in [0.1, 0.15) is 0 Å². The van der Waals surface area contributed by atoms with Crippen LogP contribution in [0.1, 0.15) is 36.0 Å². The van der Waals surface area contributed by atoms with Crippen LogP contribution in [0.15, 0.2) is 48.5 Å². The lowest BCUT2D eigenvalue weighted by Gasteiger charge is -2.28. The van der Waals surface area contributed by atoms with E-state index in [0.29, 0.717) is 24.2 Å². The molecule has 2 aromatic carbocycles. The number of amides is 1. The zero-order chi connectivity index (χ0) is 19.6. The summed E-state index contributed by atoms with van der Waals surface area (Å²) < 4.78 is 25.9. The Bertz CT molecular complexity index is 951. The topological polar surface area (TPSA) is 69.7 Å². The predicted molar refractivity (Wildman–Crippen MR) is 113 cm³/mol. The van der Waals surface area contributed by atoms with Gasteiger partial charge in [0.2, 0.25) is 10.0 Å². The fraction of sp³-hybridized carbons (Fsp3) is 0.381. The largest absolute Gasteiger partial charge is 0.371 e. The summed E-state index contributed by atoms with van der Waals surface area (Å²) in [6, 6.07) is 14.7. The van der Waals surface area contributed by atoms with Gasteiger partial charge in [0, 0.05) is 36.6 Å². The monoisotopic (exact) mass is 399 g/mol. The van der Waals surface area contributed by atoms with Crippen molar-refractivity contribution in [2.75, 3.05) is 39.9 Å². The average molecular weight is 400 g/mol. The molecule has 2 aliphatic heterocycles. The second-order valence-corrected chi connectivity index (χ2v) is 9.35. The molecule has 2 heterocycles. The normalized spacial score (nSPS) is 18.9. The molecular formula is C21H25N3O3S. The molecule has 2 aliphatic rings. The number of nitrogens with zero attached hydrogens (tertiary/aromatic N) is 2. The van der Waals surface area contributed by atoms with E-state index in [1.54, 1.807) is 24.3 Å². The summed E-state index contributed by atoms with van der Waals surface area (Å²) in [5.41, 5.74) is 3.01. The molecule has 1 amide bonds. The average Bonchev–Trinajstić information content (AvgIpc) is 3.23. The van der Waals surface area contributed by atoms with Crippen LogP contribution in [0.5, 0.6) is 0 Å². The van der Waals surface area contributed by atoms with Gasteiger partial charge in [0.15, 0.2) is 0 Å². The highest BCUT2D eigenvalue weighted by Crippen LogP contribution is 2.25. The predicted octanol–water partition coefficient (Wildman–Crippen LogP) is 3.47. The minimum absolute atomic E-state index is 0.183. The van der Waals surface area contributed by atoms with Gasteiger partial charge >= 0.3 is 0 Å². The Balaban J connectivity index is 1.46. The summed E-state index contributed by atoms with van der Waals surface area (Å²) in [6.07, 6.45) is 3.97. The molecular weight excluding hydrogens is 374 g/mol. The maximum absolute atomic E-state index is 12.6. The Morgan fingerprint density at radius 2 is 1.57 bits per heavy atom. The van der Waals surface area contributed by atoms with Crippen LogP contribution in [0.4, 0.5) is 17.1 Å². The number of sulfonamides is 1. The van der Waals surface area contributed by atoms with Crippen molar-refractivity contribution < 1.29 is 13.2 Å². The van der Waals surface area contributed by atoms with Crippen molar-refractivity contribution in [2.24, 2.45) is 0 Å². The summed E-state index contributed by atoms with van der Waals surface area (Å²) in [5, 5.41) is 2.94. The molecule has 1 N–H and O–H groups in total. The summed E-state index contributed by atoms with van der Waals surface area (Å²) in [5.74, 6) is -0.0191. The van der Waals surface area contributed by atoms with Gasteiger partial charge in [-0.15, -0.1) is 0 Å². The number of hydrogen-bond acceptors (Lipinski definition) is 4. The third kappa shape index (κ3) is 3.99. The summed E-state index contributed by atoms with van der Waals surface area (Å²) >= 11 is 0. The number of rotatable bonds is 4. The molecule has 148 valence electrons. The van der Waals surface area contributed by atoms with Crippen LogP contribution >= 0.6 is 0 Å². The van der Waals surface area contributed by atoms with Gasteiger partial charge in [0.25, 0.3) is 5.91 Å². The van der Waals surface area contributed by atoms with E-state index < -0.39 is 10.0 Å². The molecule has 0 radical (unpaired) electrons. The quantitative estimate of drug-likeness (QED) is 0.855. The SMILES string of the molecule is O=C(Nc1cccc(N2CCCC2)c1)c1ccc(N2CCCCS2(=O)=O)cc1. The van der Waals surface area contributed by atoms with Crippen molar-refractivity contribution in [1.29, 1.82) is 0 Å². The van der Waals surface area contributed by atoms with Crippen molar-refractivity contribution >= 4 is 33.0 Å². The van der Waals surface area contributed by atoms with Crippen molar-refractivity contribution in [2.45, 2.75) is 25.7 Å². The van der Waals surface area contributed by atoms with Gasteiger partial charge in [-0.05, 0) is 68.1 Å². The zero-order valence-corrected chi connectivity index (χ0v) is 16.6. The van der Waals surface area contributed by atoms with Crippen LogP contribution in [-0.2, 0) is 10.0 Å². The Morgan fingerprint density at radius 3 is 2.29 bits per heavy atom. The smallest absolute Gasteiger partial charge is 0.255 e. The van der Waals surface area contributed by atoms with Gasteiger partial charge in [-0.1, -0.05) is 6.07 Å². The molecule has 0 aromatic heterocycles. The molecule has 0 atom stereocenters. The van der Waals surface area contributed by atoms with Crippen LogP contribution in [0, 0.1) is 0 Å². The van der Waals surface area contributed by atoms with E-state index in [2.05, 4.69) is 16.3 Å². The lowest BCUT2D eigenvalue weighted by Crippen LogP contribution is -2.37. The fourth-order valence-electron chi connectivity index (χ4n) is 3.82. The number of carbonyl (C=O) groups is 1. The molecule has 0 spiro atoms. The lowest BCUT2D eigenvalue weighted by molar-refractivity contribution is 0.102. The molecule has 2 aromatic rings. The van der Waals surface area contributed by atoms with Crippen molar-refractivity contribution in [3.8, 4) is 0 Å².